The third-order valence-electron chi connectivity index (χ3n) is 3.43. The van der Waals surface area contributed by atoms with Crippen LogP contribution in [0.25, 0.3) is 0 Å². The first-order valence-electron chi connectivity index (χ1n) is 6.35. The maximum Gasteiger partial charge on any atom is 0.129 e. The van der Waals surface area contributed by atoms with E-state index in [0.717, 1.165) is 24.5 Å². The first-order valence-corrected chi connectivity index (χ1v) is 6.35. The maximum absolute atomic E-state index is 5.63. The number of likely N-dealkylation sites (tertiary alicyclic amines) is 1. The van der Waals surface area contributed by atoms with E-state index in [1.54, 1.807) is 0 Å². The summed E-state index contributed by atoms with van der Waals surface area (Å²) in [6.45, 7) is 3.03. The van der Waals surface area contributed by atoms with Crippen LogP contribution in [0.4, 0.5) is 0 Å². The molecule has 2 N–H and O–H groups in total. The minimum Gasteiger partial charge on any atom is -0.462 e. The number of ether oxygens (including phenoxy) is 1. The number of rotatable bonds is 6. The highest BCUT2D eigenvalue weighted by molar-refractivity contribution is 5.05. The molecule has 4 heteroatoms. The van der Waals surface area contributed by atoms with E-state index in [4.69, 9.17) is 14.9 Å². The summed E-state index contributed by atoms with van der Waals surface area (Å²) in [6, 6.07) is 4.54. The molecular formula is C13H22N2O2. The Balaban J connectivity index is 1.62. The quantitative estimate of drug-likeness (QED) is 0.767. The van der Waals surface area contributed by atoms with E-state index in [1.165, 1.54) is 19.4 Å². The van der Waals surface area contributed by atoms with Crippen LogP contribution in [0.2, 0.25) is 0 Å². The van der Waals surface area contributed by atoms with Gasteiger partial charge in [0.25, 0.3) is 0 Å². The van der Waals surface area contributed by atoms with Gasteiger partial charge in [-0.05, 0) is 45.0 Å². The van der Waals surface area contributed by atoms with Crippen LogP contribution >= 0.6 is 0 Å². The number of nitrogens with two attached hydrogens (primary N) is 1. The van der Waals surface area contributed by atoms with Crippen LogP contribution < -0.4 is 5.73 Å². The number of hydrogen-bond acceptors (Lipinski definition) is 4. The van der Waals surface area contributed by atoms with E-state index in [1.807, 2.05) is 12.1 Å². The molecule has 0 aromatic carbocycles. The largest absolute Gasteiger partial charge is 0.462 e. The highest BCUT2D eigenvalue weighted by atomic mass is 16.5. The molecule has 0 bridgehead atoms. The summed E-state index contributed by atoms with van der Waals surface area (Å²) >= 11 is 0. The van der Waals surface area contributed by atoms with E-state index < -0.39 is 0 Å². The van der Waals surface area contributed by atoms with Gasteiger partial charge in [-0.3, -0.25) is 0 Å². The van der Waals surface area contributed by atoms with Gasteiger partial charge in [-0.2, -0.15) is 0 Å². The summed E-state index contributed by atoms with van der Waals surface area (Å²) in [6.07, 6.45) is 3.73. The van der Waals surface area contributed by atoms with Crippen LogP contribution in [0.1, 0.15) is 30.8 Å². The standard InChI is InChI=1S/C13H22N2O2/c1-15-7-2-3-11(15)6-8-16-10-13-5-4-12(9-14)17-13/h4-5,11H,2-3,6-10,14H2,1H3. The lowest BCUT2D eigenvalue weighted by molar-refractivity contribution is 0.0887. The molecule has 1 aliphatic rings. The van der Waals surface area contributed by atoms with Crippen LogP contribution in [-0.2, 0) is 17.9 Å². The molecule has 0 amide bonds. The van der Waals surface area contributed by atoms with Gasteiger partial charge in [-0.15, -0.1) is 0 Å². The van der Waals surface area contributed by atoms with E-state index in [2.05, 4.69) is 11.9 Å². The molecule has 96 valence electrons. The average Bonchev–Trinajstić information content (AvgIpc) is 2.94. The SMILES string of the molecule is CN1CCCC1CCOCc1ccc(CN)o1. The molecule has 17 heavy (non-hydrogen) atoms. The van der Waals surface area contributed by atoms with E-state index in [9.17, 15) is 0 Å². The summed E-state index contributed by atoms with van der Waals surface area (Å²) in [5, 5.41) is 0. The predicted molar refractivity (Wildman–Crippen MR) is 66.5 cm³/mol. The van der Waals surface area contributed by atoms with Crippen LogP contribution in [-0.4, -0.2) is 31.1 Å². The lowest BCUT2D eigenvalue weighted by Crippen LogP contribution is -2.26. The van der Waals surface area contributed by atoms with Gasteiger partial charge in [-0.1, -0.05) is 0 Å². The number of nitrogens with zero attached hydrogens (tertiary/aromatic N) is 1. The topological polar surface area (TPSA) is 51.6 Å². The zero-order chi connectivity index (χ0) is 12.1. The first-order chi connectivity index (χ1) is 8.29. The minimum atomic E-state index is 0.451. The highest BCUT2D eigenvalue weighted by Crippen LogP contribution is 2.18. The fourth-order valence-corrected chi connectivity index (χ4v) is 2.35. The Morgan fingerprint density at radius 3 is 2.94 bits per heavy atom. The Bertz CT molecular complexity index is 338. The van der Waals surface area contributed by atoms with Crippen molar-refractivity contribution in [3.8, 4) is 0 Å². The molecule has 1 aromatic rings. The van der Waals surface area contributed by atoms with Gasteiger partial charge in [0.05, 0.1) is 6.54 Å². The van der Waals surface area contributed by atoms with Crippen molar-refractivity contribution in [3.63, 3.8) is 0 Å². The van der Waals surface area contributed by atoms with Crippen LogP contribution in [0.15, 0.2) is 16.5 Å². The lowest BCUT2D eigenvalue weighted by Gasteiger charge is -2.18. The zero-order valence-electron chi connectivity index (χ0n) is 10.5. The molecule has 1 aliphatic heterocycles. The molecule has 0 aliphatic carbocycles. The fourth-order valence-electron chi connectivity index (χ4n) is 2.35. The smallest absolute Gasteiger partial charge is 0.129 e. The summed E-state index contributed by atoms with van der Waals surface area (Å²) in [5.41, 5.74) is 5.48. The summed E-state index contributed by atoms with van der Waals surface area (Å²) in [7, 11) is 2.19. The van der Waals surface area contributed by atoms with Gasteiger partial charge in [0.15, 0.2) is 0 Å². The van der Waals surface area contributed by atoms with E-state index in [0.29, 0.717) is 19.2 Å². The van der Waals surface area contributed by atoms with Gasteiger partial charge < -0.3 is 19.8 Å². The lowest BCUT2D eigenvalue weighted by atomic mass is 10.1. The summed E-state index contributed by atoms with van der Waals surface area (Å²) in [4.78, 5) is 2.42. The molecule has 0 radical (unpaired) electrons. The molecule has 0 saturated carbocycles. The second-order valence-corrected chi connectivity index (χ2v) is 4.69. The Hall–Kier alpha value is -0.840. The third-order valence-corrected chi connectivity index (χ3v) is 3.43. The Morgan fingerprint density at radius 2 is 2.29 bits per heavy atom. The van der Waals surface area contributed by atoms with Crippen molar-refractivity contribution < 1.29 is 9.15 Å². The van der Waals surface area contributed by atoms with Crippen molar-refractivity contribution in [3.05, 3.63) is 23.7 Å². The van der Waals surface area contributed by atoms with E-state index in [-0.39, 0.29) is 0 Å². The van der Waals surface area contributed by atoms with E-state index >= 15 is 0 Å². The molecule has 0 spiro atoms. The molecule has 4 nitrogen and oxygen atoms in total. The van der Waals surface area contributed by atoms with Gasteiger partial charge in [0, 0.05) is 12.6 Å². The minimum absolute atomic E-state index is 0.451. The third kappa shape index (κ3) is 3.56. The molecule has 1 unspecified atom stereocenters. The van der Waals surface area contributed by atoms with Crippen molar-refractivity contribution in [1.29, 1.82) is 0 Å². The van der Waals surface area contributed by atoms with Gasteiger partial charge in [-0.25, -0.2) is 0 Å². The Morgan fingerprint density at radius 1 is 1.47 bits per heavy atom. The van der Waals surface area contributed by atoms with Gasteiger partial charge >= 0.3 is 0 Å². The molecule has 1 saturated heterocycles. The normalized spacial score (nSPS) is 21.2. The van der Waals surface area contributed by atoms with Crippen molar-refractivity contribution in [1.82, 2.24) is 4.90 Å². The highest BCUT2D eigenvalue weighted by Gasteiger charge is 2.19. The second kappa shape index (κ2) is 6.19. The Kier molecular flexibility index (Phi) is 4.59. The second-order valence-electron chi connectivity index (χ2n) is 4.69. The average molecular weight is 238 g/mol. The number of hydrogen-bond donors (Lipinski definition) is 1. The molecule has 1 aromatic heterocycles. The summed E-state index contributed by atoms with van der Waals surface area (Å²) < 4.78 is 11.1. The predicted octanol–water partition coefficient (Wildman–Crippen LogP) is 1.74. The van der Waals surface area contributed by atoms with Crippen molar-refractivity contribution >= 4 is 0 Å². The van der Waals surface area contributed by atoms with Crippen molar-refractivity contribution in [2.75, 3.05) is 20.2 Å². The fraction of sp³-hybridized carbons (Fsp3) is 0.692. The Labute approximate surface area is 103 Å². The van der Waals surface area contributed by atoms with Crippen molar-refractivity contribution in [2.45, 2.75) is 38.5 Å². The first kappa shape index (κ1) is 12.6. The monoisotopic (exact) mass is 238 g/mol. The van der Waals surface area contributed by atoms with Crippen molar-refractivity contribution in [2.24, 2.45) is 5.73 Å². The molecular weight excluding hydrogens is 216 g/mol. The number of furan rings is 1. The van der Waals surface area contributed by atoms with Gasteiger partial charge in [0.1, 0.15) is 18.1 Å². The van der Waals surface area contributed by atoms with Crippen LogP contribution in [0.5, 0.6) is 0 Å². The maximum atomic E-state index is 5.63. The summed E-state index contributed by atoms with van der Waals surface area (Å²) in [5.74, 6) is 1.68. The zero-order valence-corrected chi connectivity index (χ0v) is 10.5. The molecule has 1 atom stereocenters. The van der Waals surface area contributed by atoms with Gasteiger partial charge in [0.2, 0.25) is 0 Å². The van der Waals surface area contributed by atoms with Crippen LogP contribution in [0.3, 0.4) is 0 Å². The molecule has 2 rings (SSSR count). The molecule has 2 heterocycles. The van der Waals surface area contributed by atoms with Crippen LogP contribution in [0, 0.1) is 0 Å². The molecule has 1 fully saturated rings.